The Balaban J connectivity index is 1.86. The molecular weight excluding hydrogens is 305 g/mol. The zero-order valence-electron chi connectivity index (χ0n) is 12.6. The van der Waals surface area contributed by atoms with Gasteiger partial charge in [-0.15, -0.1) is 6.58 Å². The van der Waals surface area contributed by atoms with Crippen molar-refractivity contribution in [3.8, 4) is 0 Å². The highest BCUT2D eigenvalue weighted by Gasteiger charge is 2.28. The van der Waals surface area contributed by atoms with Crippen LogP contribution in [0.5, 0.6) is 0 Å². The predicted octanol–water partition coefficient (Wildman–Crippen LogP) is 2.57. The van der Waals surface area contributed by atoms with Crippen molar-refractivity contribution in [2.24, 2.45) is 5.92 Å². The molecular formula is C16H22FNO3S. The summed E-state index contributed by atoms with van der Waals surface area (Å²) < 4.78 is 44.6. The van der Waals surface area contributed by atoms with Crippen molar-refractivity contribution in [1.29, 1.82) is 0 Å². The number of piperidine rings is 1. The van der Waals surface area contributed by atoms with Gasteiger partial charge >= 0.3 is 0 Å². The molecule has 0 unspecified atom stereocenters. The molecule has 2 rings (SSSR count). The molecule has 1 aliphatic heterocycles. The standard InChI is InChI=1S/C16H22FNO3S/c1-2-11-21-12-14-7-9-18(10-8-14)22(19,20)13-15-3-5-16(17)6-4-15/h2-6,14H,1,7-13H2. The Morgan fingerprint density at radius 3 is 2.50 bits per heavy atom. The second kappa shape index (κ2) is 7.85. The van der Waals surface area contributed by atoms with Gasteiger partial charge in [0.05, 0.1) is 12.4 Å². The third-order valence-electron chi connectivity index (χ3n) is 3.82. The SMILES string of the molecule is C=CCOCC1CCN(S(=O)(=O)Cc2ccc(F)cc2)CC1. The van der Waals surface area contributed by atoms with Crippen molar-refractivity contribution in [1.82, 2.24) is 4.31 Å². The van der Waals surface area contributed by atoms with Gasteiger partial charge in [0.25, 0.3) is 0 Å². The first-order valence-corrected chi connectivity index (χ1v) is 9.03. The fourth-order valence-corrected chi connectivity index (χ4v) is 4.12. The van der Waals surface area contributed by atoms with Gasteiger partial charge in [-0.1, -0.05) is 18.2 Å². The summed E-state index contributed by atoms with van der Waals surface area (Å²) in [5.41, 5.74) is 0.609. The highest BCUT2D eigenvalue weighted by Crippen LogP contribution is 2.22. The number of sulfonamides is 1. The van der Waals surface area contributed by atoms with Crippen LogP contribution in [0.25, 0.3) is 0 Å². The molecule has 0 radical (unpaired) electrons. The van der Waals surface area contributed by atoms with Gasteiger partial charge in [0.1, 0.15) is 5.82 Å². The fourth-order valence-electron chi connectivity index (χ4n) is 2.55. The fraction of sp³-hybridized carbons (Fsp3) is 0.500. The minimum absolute atomic E-state index is 0.0785. The minimum atomic E-state index is -3.34. The highest BCUT2D eigenvalue weighted by molar-refractivity contribution is 7.88. The summed E-state index contributed by atoms with van der Waals surface area (Å²) in [4.78, 5) is 0. The van der Waals surface area contributed by atoms with Crippen molar-refractivity contribution < 1.29 is 17.5 Å². The van der Waals surface area contributed by atoms with E-state index in [1.165, 1.54) is 28.6 Å². The maximum absolute atomic E-state index is 12.9. The van der Waals surface area contributed by atoms with Crippen LogP contribution in [0.15, 0.2) is 36.9 Å². The smallest absolute Gasteiger partial charge is 0.218 e. The number of nitrogens with zero attached hydrogens (tertiary/aromatic N) is 1. The summed E-state index contributed by atoms with van der Waals surface area (Å²) in [6.45, 7) is 5.82. The van der Waals surface area contributed by atoms with Crippen LogP contribution in [0, 0.1) is 11.7 Å². The minimum Gasteiger partial charge on any atom is -0.377 e. The number of hydrogen-bond donors (Lipinski definition) is 0. The predicted molar refractivity (Wildman–Crippen MR) is 84.3 cm³/mol. The molecule has 6 heteroatoms. The first-order chi connectivity index (χ1) is 10.5. The molecule has 1 heterocycles. The Kier molecular flexibility index (Phi) is 6.11. The van der Waals surface area contributed by atoms with E-state index in [9.17, 15) is 12.8 Å². The van der Waals surface area contributed by atoms with Gasteiger partial charge in [0, 0.05) is 19.7 Å². The maximum Gasteiger partial charge on any atom is 0.218 e. The van der Waals surface area contributed by atoms with Crippen LogP contribution in [0.3, 0.4) is 0 Å². The van der Waals surface area contributed by atoms with E-state index < -0.39 is 10.0 Å². The van der Waals surface area contributed by atoms with Crippen LogP contribution in [-0.4, -0.2) is 39.0 Å². The second-order valence-corrected chi connectivity index (χ2v) is 7.52. The van der Waals surface area contributed by atoms with Crippen LogP contribution >= 0.6 is 0 Å². The Bertz CT molecular complexity index is 578. The average Bonchev–Trinajstić information content (AvgIpc) is 2.50. The van der Waals surface area contributed by atoms with Gasteiger partial charge in [-0.05, 0) is 36.5 Å². The lowest BCUT2D eigenvalue weighted by Crippen LogP contribution is -2.40. The summed E-state index contributed by atoms with van der Waals surface area (Å²) in [7, 11) is -3.34. The normalized spacial score (nSPS) is 17.5. The first kappa shape index (κ1) is 17.1. The van der Waals surface area contributed by atoms with Crippen molar-refractivity contribution in [2.45, 2.75) is 18.6 Å². The van der Waals surface area contributed by atoms with Crippen molar-refractivity contribution in [2.75, 3.05) is 26.3 Å². The third kappa shape index (κ3) is 4.90. The topological polar surface area (TPSA) is 46.6 Å². The maximum atomic E-state index is 12.9. The van der Waals surface area contributed by atoms with E-state index in [4.69, 9.17) is 4.74 Å². The van der Waals surface area contributed by atoms with Crippen LogP contribution in [0.4, 0.5) is 4.39 Å². The molecule has 1 aliphatic rings. The van der Waals surface area contributed by atoms with E-state index in [2.05, 4.69) is 6.58 Å². The molecule has 1 aromatic carbocycles. The molecule has 0 aromatic heterocycles. The number of halogens is 1. The molecule has 1 fully saturated rings. The Morgan fingerprint density at radius 2 is 1.91 bits per heavy atom. The zero-order valence-corrected chi connectivity index (χ0v) is 13.4. The highest BCUT2D eigenvalue weighted by atomic mass is 32.2. The molecule has 0 N–H and O–H groups in total. The Labute approximate surface area is 131 Å². The van der Waals surface area contributed by atoms with Crippen molar-refractivity contribution >= 4 is 10.0 Å². The molecule has 0 atom stereocenters. The van der Waals surface area contributed by atoms with E-state index in [-0.39, 0.29) is 11.6 Å². The summed E-state index contributed by atoms with van der Waals surface area (Å²) in [6.07, 6.45) is 3.32. The summed E-state index contributed by atoms with van der Waals surface area (Å²) in [5.74, 6) is -0.0380. The van der Waals surface area contributed by atoms with Gasteiger partial charge in [-0.2, -0.15) is 0 Å². The summed E-state index contributed by atoms with van der Waals surface area (Å²) >= 11 is 0. The van der Waals surface area contributed by atoms with E-state index >= 15 is 0 Å². The number of rotatable bonds is 7. The van der Waals surface area contributed by atoms with Crippen LogP contribution < -0.4 is 0 Å². The van der Waals surface area contributed by atoms with E-state index in [0.717, 1.165) is 12.8 Å². The molecule has 1 saturated heterocycles. The van der Waals surface area contributed by atoms with Gasteiger partial charge in [-0.25, -0.2) is 17.1 Å². The molecule has 0 spiro atoms. The molecule has 22 heavy (non-hydrogen) atoms. The monoisotopic (exact) mass is 327 g/mol. The van der Waals surface area contributed by atoms with Crippen LogP contribution in [0.1, 0.15) is 18.4 Å². The number of benzene rings is 1. The summed E-state index contributed by atoms with van der Waals surface area (Å²) in [6, 6.07) is 5.60. The number of ether oxygens (including phenoxy) is 1. The summed E-state index contributed by atoms with van der Waals surface area (Å²) in [5, 5.41) is 0. The quantitative estimate of drug-likeness (QED) is 0.571. The van der Waals surface area contributed by atoms with E-state index in [1.54, 1.807) is 6.08 Å². The van der Waals surface area contributed by atoms with Gasteiger partial charge in [0.15, 0.2) is 0 Å². The largest absolute Gasteiger partial charge is 0.377 e. The lowest BCUT2D eigenvalue weighted by Gasteiger charge is -2.31. The average molecular weight is 327 g/mol. The van der Waals surface area contributed by atoms with Crippen molar-refractivity contribution in [3.05, 3.63) is 48.3 Å². The van der Waals surface area contributed by atoms with Crippen LogP contribution in [0.2, 0.25) is 0 Å². The Hall–Kier alpha value is -1.24. The van der Waals surface area contributed by atoms with Crippen LogP contribution in [-0.2, 0) is 20.5 Å². The van der Waals surface area contributed by atoms with Crippen molar-refractivity contribution in [3.63, 3.8) is 0 Å². The lowest BCUT2D eigenvalue weighted by atomic mass is 9.99. The molecule has 0 saturated carbocycles. The van der Waals surface area contributed by atoms with Gasteiger partial charge in [-0.3, -0.25) is 0 Å². The van der Waals surface area contributed by atoms with E-state index in [1.807, 2.05) is 0 Å². The molecule has 0 amide bonds. The van der Waals surface area contributed by atoms with E-state index in [0.29, 0.717) is 37.8 Å². The van der Waals surface area contributed by atoms with Gasteiger partial charge < -0.3 is 4.74 Å². The molecule has 4 nitrogen and oxygen atoms in total. The molecule has 0 aliphatic carbocycles. The lowest BCUT2D eigenvalue weighted by molar-refractivity contribution is 0.0982. The van der Waals surface area contributed by atoms with Gasteiger partial charge in [0.2, 0.25) is 10.0 Å². The third-order valence-corrected chi connectivity index (χ3v) is 5.67. The first-order valence-electron chi connectivity index (χ1n) is 7.42. The Morgan fingerprint density at radius 1 is 1.27 bits per heavy atom. The number of hydrogen-bond acceptors (Lipinski definition) is 3. The second-order valence-electron chi connectivity index (χ2n) is 5.55. The molecule has 0 bridgehead atoms. The molecule has 1 aromatic rings. The zero-order chi connectivity index (χ0) is 16.0. The molecule has 122 valence electrons.